The smallest absolute Gasteiger partial charge is 0.205 e. The van der Waals surface area contributed by atoms with E-state index in [2.05, 4.69) is 0 Å². The summed E-state index contributed by atoms with van der Waals surface area (Å²) in [5.74, 6) is 1.12. The maximum absolute atomic E-state index is 13.0. The first-order valence-electron chi connectivity index (χ1n) is 7.35. The van der Waals surface area contributed by atoms with Crippen molar-refractivity contribution in [3.8, 4) is 27.7 Å². The molecule has 3 aromatic rings. The average molecular weight is 375 g/mol. The third-order valence-electron chi connectivity index (χ3n) is 3.70. The third-order valence-corrected chi connectivity index (χ3v) is 5.58. The number of ether oxygens (including phenoxy) is 3. The van der Waals surface area contributed by atoms with Gasteiger partial charge < -0.3 is 19.9 Å². The lowest BCUT2D eigenvalue weighted by Crippen LogP contribution is -2.04. The summed E-state index contributed by atoms with van der Waals surface area (Å²) in [6.07, 6.45) is 0. The Morgan fingerprint density at radius 1 is 1.04 bits per heavy atom. The van der Waals surface area contributed by atoms with E-state index in [1.807, 2.05) is 22.9 Å². The third kappa shape index (κ3) is 3.20. The summed E-state index contributed by atoms with van der Waals surface area (Å²) in [6.45, 7) is 0. The number of nitrogen functional groups attached to an aromatic ring is 1. The largest absolute Gasteiger partial charge is 0.493 e. The van der Waals surface area contributed by atoms with Crippen LogP contribution >= 0.6 is 22.7 Å². The number of thiophene rings is 2. The van der Waals surface area contributed by atoms with E-state index in [1.54, 1.807) is 23.5 Å². The number of anilines is 1. The topological polar surface area (TPSA) is 70.8 Å². The van der Waals surface area contributed by atoms with E-state index in [-0.39, 0.29) is 5.78 Å². The van der Waals surface area contributed by atoms with Gasteiger partial charge in [-0.1, -0.05) is 0 Å². The Balaban J connectivity index is 2.04. The molecule has 2 heterocycles. The normalized spacial score (nSPS) is 10.5. The minimum atomic E-state index is -0.178. The molecule has 25 heavy (non-hydrogen) atoms. The van der Waals surface area contributed by atoms with Gasteiger partial charge in [-0.15, -0.1) is 11.3 Å². The molecule has 2 aromatic heterocycles. The molecule has 0 bridgehead atoms. The molecule has 3 rings (SSSR count). The van der Waals surface area contributed by atoms with Crippen molar-refractivity contribution in [3.05, 3.63) is 45.5 Å². The zero-order valence-electron chi connectivity index (χ0n) is 14.0. The summed E-state index contributed by atoms with van der Waals surface area (Å²) in [7, 11) is 4.55. The van der Waals surface area contributed by atoms with E-state index < -0.39 is 0 Å². The van der Waals surface area contributed by atoms with Gasteiger partial charge >= 0.3 is 0 Å². The Kier molecular flexibility index (Phi) is 4.96. The van der Waals surface area contributed by atoms with Crippen molar-refractivity contribution in [1.82, 2.24) is 0 Å². The molecule has 0 aliphatic carbocycles. The molecule has 0 saturated heterocycles. The zero-order valence-corrected chi connectivity index (χ0v) is 15.6. The number of benzene rings is 1. The molecule has 2 N–H and O–H groups in total. The van der Waals surface area contributed by atoms with Crippen molar-refractivity contribution in [2.24, 2.45) is 0 Å². The van der Waals surface area contributed by atoms with Crippen LogP contribution in [0.5, 0.6) is 17.2 Å². The molecule has 5 nitrogen and oxygen atoms in total. The molecule has 0 spiro atoms. The Labute approximate surface area is 153 Å². The second kappa shape index (κ2) is 7.16. The molecule has 0 fully saturated rings. The molecule has 1 aromatic carbocycles. The van der Waals surface area contributed by atoms with Gasteiger partial charge in [0.1, 0.15) is 0 Å². The number of nitrogens with two attached hydrogens (primary N) is 1. The average Bonchev–Trinajstić information content (AvgIpc) is 3.29. The molecule has 0 aliphatic rings. The van der Waals surface area contributed by atoms with E-state index >= 15 is 0 Å². The van der Waals surface area contributed by atoms with Crippen LogP contribution in [-0.4, -0.2) is 27.1 Å². The van der Waals surface area contributed by atoms with Crippen LogP contribution in [0.4, 0.5) is 5.69 Å². The Morgan fingerprint density at radius 3 is 2.24 bits per heavy atom. The van der Waals surface area contributed by atoms with Crippen molar-refractivity contribution in [2.45, 2.75) is 0 Å². The Hall–Kier alpha value is -2.51. The van der Waals surface area contributed by atoms with E-state index in [1.165, 1.54) is 32.7 Å². The molecular formula is C18H17NO4S2. The molecule has 0 unspecified atom stereocenters. The van der Waals surface area contributed by atoms with Gasteiger partial charge in [0, 0.05) is 16.0 Å². The van der Waals surface area contributed by atoms with Gasteiger partial charge in [-0.3, -0.25) is 4.79 Å². The summed E-state index contributed by atoms with van der Waals surface area (Å²) in [5.41, 5.74) is 8.04. The van der Waals surface area contributed by atoms with Gasteiger partial charge in [-0.05, 0) is 35.0 Å². The van der Waals surface area contributed by atoms with Gasteiger partial charge in [0.25, 0.3) is 0 Å². The molecule has 7 heteroatoms. The lowest BCUT2D eigenvalue weighted by Gasteiger charge is -2.13. The van der Waals surface area contributed by atoms with Crippen LogP contribution in [0.25, 0.3) is 10.4 Å². The van der Waals surface area contributed by atoms with Crippen LogP contribution in [0.2, 0.25) is 0 Å². The van der Waals surface area contributed by atoms with Crippen LogP contribution in [-0.2, 0) is 0 Å². The number of methoxy groups -OCH3 is 3. The van der Waals surface area contributed by atoms with Crippen molar-refractivity contribution in [2.75, 3.05) is 27.1 Å². The maximum Gasteiger partial charge on any atom is 0.205 e. The van der Waals surface area contributed by atoms with Crippen LogP contribution in [0, 0.1) is 0 Å². The van der Waals surface area contributed by atoms with E-state index in [0.29, 0.717) is 33.4 Å². The fraction of sp³-hybridized carbons (Fsp3) is 0.167. The summed E-state index contributed by atoms with van der Waals surface area (Å²) < 4.78 is 15.9. The highest BCUT2D eigenvalue weighted by Gasteiger charge is 2.21. The zero-order chi connectivity index (χ0) is 18.0. The van der Waals surface area contributed by atoms with Crippen molar-refractivity contribution < 1.29 is 19.0 Å². The molecular weight excluding hydrogens is 358 g/mol. The highest BCUT2D eigenvalue weighted by Crippen LogP contribution is 2.40. The van der Waals surface area contributed by atoms with Crippen molar-refractivity contribution in [1.29, 1.82) is 0 Å². The van der Waals surface area contributed by atoms with Crippen LogP contribution in [0.1, 0.15) is 15.2 Å². The minimum Gasteiger partial charge on any atom is -0.493 e. The highest BCUT2D eigenvalue weighted by atomic mass is 32.1. The van der Waals surface area contributed by atoms with Crippen molar-refractivity contribution >= 4 is 34.1 Å². The van der Waals surface area contributed by atoms with Crippen LogP contribution in [0.3, 0.4) is 0 Å². The van der Waals surface area contributed by atoms with E-state index in [0.717, 1.165) is 10.4 Å². The molecule has 0 atom stereocenters. The maximum atomic E-state index is 13.0. The number of ketones is 1. The second-order valence-electron chi connectivity index (χ2n) is 5.15. The van der Waals surface area contributed by atoms with Gasteiger partial charge in [-0.2, -0.15) is 11.3 Å². The first-order chi connectivity index (χ1) is 12.1. The van der Waals surface area contributed by atoms with Crippen molar-refractivity contribution in [3.63, 3.8) is 0 Å². The number of hydrogen-bond donors (Lipinski definition) is 1. The fourth-order valence-electron chi connectivity index (χ4n) is 2.47. The fourth-order valence-corrected chi connectivity index (χ4v) is 4.24. The van der Waals surface area contributed by atoms with Crippen LogP contribution in [0.15, 0.2) is 35.0 Å². The predicted molar refractivity (Wildman–Crippen MR) is 102 cm³/mol. The predicted octanol–water partition coefficient (Wildman–Crippen LogP) is 4.32. The first kappa shape index (κ1) is 17.3. The Bertz CT molecular complexity index is 875. The summed E-state index contributed by atoms with van der Waals surface area (Å²) in [4.78, 5) is 14.4. The second-order valence-corrected chi connectivity index (χ2v) is 6.98. The standard InChI is InChI=1S/C18H17NO4S2/c1-21-13-6-11(7-14(22-2)17(13)23-3)16(20)18-12(19)8-15(25-18)10-4-5-24-9-10/h4-9H,19H2,1-3H3. The number of carbonyl (C=O) groups excluding carboxylic acids is 1. The monoisotopic (exact) mass is 375 g/mol. The highest BCUT2D eigenvalue weighted by molar-refractivity contribution is 7.18. The quantitative estimate of drug-likeness (QED) is 0.650. The van der Waals surface area contributed by atoms with Gasteiger partial charge in [-0.25, -0.2) is 0 Å². The molecule has 0 amide bonds. The van der Waals surface area contributed by atoms with E-state index in [9.17, 15) is 4.79 Å². The molecule has 130 valence electrons. The summed E-state index contributed by atoms with van der Waals surface area (Å²) in [5, 5.41) is 4.02. The number of hydrogen-bond acceptors (Lipinski definition) is 7. The number of rotatable bonds is 6. The van der Waals surface area contributed by atoms with Gasteiger partial charge in [0.2, 0.25) is 11.5 Å². The Morgan fingerprint density at radius 2 is 1.72 bits per heavy atom. The van der Waals surface area contributed by atoms with Gasteiger partial charge in [0.05, 0.1) is 31.9 Å². The lowest BCUT2D eigenvalue weighted by molar-refractivity contribution is 0.104. The minimum absolute atomic E-state index is 0.178. The van der Waals surface area contributed by atoms with Crippen LogP contribution < -0.4 is 19.9 Å². The number of carbonyl (C=O) groups is 1. The SMILES string of the molecule is COc1cc(C(=O)c2sc(-c3ccsc3)cc2N)cc(OC)c1OC. The van der Waals surface area contributed by atoms with Gasteiger partial charge in [0.15, 0.2) is 11.5 Å². The summed E-state index contributed by atoms with van der Waals surface area (Å²) in [6, 6.07) is 7.10. The van der Waals surface area contributed by atoms with E-state index in [4.69, 9.17) is 19.9 Å². The molecule has 0 radical (unpaired) electrons. The molecule has 0 saturated carbocycles. The lowest BCUT2D eigenvalue weighted by atomic mass is 10.1. The molecule has 0 aliphatic heterocycles. The first-order valence-corrected chi connectivity index (χ1v) is 9.11. The summed E-state index contributed by atoms with van der Waals surface area (Å²) >= 11 is 2.98.